The van der Waals surface area contributed by atoms with Gasteiger partial charge in [-0.25, -0.2) is 4.39 Å². The van der Waals surface area contributed by atoms with Gasteiger partial charge >= 0.3 is 0 Å². The highest BCUT2D eigenvalue weighted by Crippen LogP contribution is 2.19. The van der Waals surface area contributed by atoms with Crippen LogP contribution in [-0.2, 0) is 0 Å². The number of carbonyl (C=O) groups is 2. The molecule has 132 valence electrons. The Labute approximate surface area is 154 Å². The number of hydrogen-bond donors (Lipinski definition) is 2. The van der Waals surface area contributed by atoms with Gasteiger partial charge in [-0.05, 0) is 50.5 Å². The van der Waals surface area contributed by atoms with Crippen LogP contribution in [0.25, 0.3) is 0 Å². The lowest BCUT2D eigenvalue weighted by atomic mass is 10.1. The fourth-order valence-corrected chi connectivity index (χ4v) is 2.53. The van der Waals surface area contributed by atoms with Crippen LogP contribution in [0.2, 0.25) is 0 Å². The number of halogens is 2. The minimum Gasteiger partial charge on any atom is -0.351 e. The van der Waals surface area contributed by atoms with Crippen molar-refractivity contribution >= 4 is 33.4 Å². The maximum absolute atomic E-state index is 13.6. The van der Waals surface area contributed by atoms with Crippen molar-refractivity contribution in [2.45, 2.75) is 0 Å². The molecule has 0 saturated carbocycles. The zero-order chi connectivity index (χ0) is 18.4. The molecule has 5 nitrogen and oxygen atoms in total. The predicted molar refractivity (Wildman–Crippen MR) is 99.4 cm³/mol. The Kier molecular flexibility index (Phi) is 6.66. The van der Waals surface area contributed by atoms with E-state index >= 15 is 0 Å². The van der Waals surface area contributed by atoms with E-state index in [-0.39, 0.29) is 17.2 Å². The van der Waals surface area contributed by atoms with Crippen LogP contribution in [0.3, 0.4) is 0 Å². The molecule has 2 aromatic rings. The first-order chi connectivity index (χ1) is 11.9. The molecule has 2 amide bonds. The molecule has 0 aromatic heterocycles. The third-order valence-electron chi connectivity index (χ3n) is 3.41. The van der Waals surface area contributed by atoms with E-state index in [9.17, 15) is 14.0 Å². The number of nitrogens with one attached hydrogen (secondary N) is 2. The Hall–Kier alpha value is -2.25. The molecular weight excluding hydrogens is 389 g/mol. The fourth-order valence-electron chi connectivity index (χ4n) is 2.13. The van der Waals surface area contributed by atoms with Crippen molar-refractivity contribution in [3.63, 3.8) is 0 Å². The number of likely N-dealkylation sites (N-methyl/N-ethyl adjacent to an activating group) is 1. The van der Waals surface area contributed by atoms with Gasteiger partial charge in [-0.2, -0.15) is 0 Å². The molecule has 0 spiro atoms. The third kappa shape index (κ3) is 5.65. The summed E-state index contributed by atoms with van der Waals surface area (Å²) in [6.45, 7) is 1.12. The molecule has 0 radical (unpaired) electrons. The van der Waals surface area contributed by atoms with Crippen LogP contribution in [0.1, 0.15) is 20.7 Å². The first-order valence-corrected chi connectivity index (χ1v) is 8.45. The molecule has 0 atom stereocenters. The van der Waals surface area contributed by atoms with Crippen molar-refractivity contribution in [2.24, 2.45) is 0 Å². The summed E-state index contributed by atoms with van der Waals surface area (Å²) in [5, 5.41) is 5.35. The summed E-state index contributed by atoms with van der Waals surface area (Å²) in [5.41, 5.74) is 0.744. The molecule has 0 aliphatic rings. The van der Waals surface area contributed by atoms with E-state index in [2.05, 4.69) is 26.6 Å². The molecule has 25 heavy (non-hydrogen) atoms. The van der Waals surface area contributed by atoms with Crippen LogP contribution in [0.4, 0.5) is 10.1 Å². The lowest BCUT2D eigenvalue weighted by Gasteiger charge is -2.13. The van der Waals surface area contributed by atoms with Crippen LogP contribution in [0.5, 0.6) is 0 Å². The first kappa shape index (κ1) is 19.1. The minimum atomic E-state index is -0.533. The maximum Gasteiger partial charge on any atom is 0.255 e. The van der Waals surface area contributed by atoms with Crippen molar-refractivity contribution < 1.29 is 14.0 Å². The summed E-state index contributed by atoms with van der Waals surface area (Å²) in [6, 6.07) is 10.5. The molecule has 0 aliphatic heterocycles. The number of rotatable bonds is 6. The molecule has 0 unspecified atom stereocenters. The summed E-state index contributed by atoms with van der Waals surface area (Å²) >= 11 is 3.30. The Morgan fingerprint density at radius 1 is 1.12 bits per heavy atom. The lowest BCUT2D eigenvalue weighted by molar-refractivity contribution is 0.0952. The molecule has 2 N–H and O–H groups in total. The number of carbonyl (C=O) groups excluding carboxylic acids is 2. The van der Waals surface area contributed by atoms with E-state index in [0.29, 0.717) is 18.7 Å². The van der Waals surface area contributed by atoms with Crippen LogP contribution in [0, 0.1) is 5.82 Å². The fraction of sp³-hybridized carbons (Fsp3) is 0.222. The molecule has 2 aromatic carbocycles. The summed E-state index contributed by atoms with van der Waals surface area (Å²) in [5.74, 6) is -1.32. The number of hydrogen-bond acceptors (Lipinski definition) is 3. The number of nitrogens with zero attached hydrogens (tertiary/aromatic N) is 1. The number of amides is 2. The Morgan fingerprint density at radius 2 is 1.88 bits per heavy atom. The zero-order valence-electron chi connectivity index (χ0n) is 14.0. The largest absolute Gasteiger partial charge is 0.351 e. The van der Waals surface area contributed by atoms with Crippen molar-refractivity contribution in [3.8, 4) is 0 Å². The highest BCUT2D eigenvalue weighted by atomic mass is 79.9. The van der Waals surface area contributed by atoms with Crippen LogP contribution in [0.15, 0.2) is 46.9 Å². The van der Waals surface area contributed by atoms with Gasteiger partial charge in [0.1, 0.15) is 5.82 Å². The predicted octanol–water partition coefficient (Wildman–Crippen LogP) is 3.13. The SMILES string of the molecule is CN(C)CCNC(=O)c1ccc(F)cc1NC(=O)c1cccc(Br)c1. The van der Waals surface area contributed by atoms with Gasteiger partial charge in [0, 0.05) is 23.1 Å². The highest BCUT2D eigenvalue weighted by molar-refractivity contribution is 9.10. The smallest absolute Gasteiger partial charge is 0.255 e. The van der Waals surface area contributed by atoms with Crippen LogP contribution >= 0.6 is 15.9 Å². The monoisotopic (exact) mass is 407 g/mol. The zero-order valence-corrected chi connectivity index (χ0v) is 15.6. The van der Waals surface area contributed by atoms with Gasteiger partial charge in [0.25, 0.3) is 11.8 Å². The van der Waals surface area contributed by atoms with E-state index in [4.69, 9.17) is 0 Å². The Morgan fingerprint density at radius 3 is 2.56 bits per heavy atom. The van der Waals surface area contributed by atoms with E-state index in [1.807, 2.05) is 19.0 Å². The first-order valence-electron chi connectivity index (χ1n) is 7.66. The third-order valence-corrected chi connectivity index (χ3v) is 3.90. The second kappa shape index (κ2) is 8.73. The normalized spacial score (nSPS) is 10.6. The van der Waals surface area contributed by atoms with E-state index in [1.54, 1.807) is 24.3 Å². The second-order valence-electron chi connectivity index (χ2n) is 5.71. The Bertz CT molecular complexity index is 781. The quantitative estimate of drug-likeness (QED) is 0.772. The minimum absolute atomic E-state index is 0.132. The second-order valence-corrected chi connectivity index (χ2v) is 6.63. The molecule has 2 rings (SSSR count). The maximum atomic E-state index is 13.6. The molecule has 0 bridgehead atoms. The molecular formula is C18H19BrFN3O2. The average molecular weight is 408 g/mol. The molecule has 7 heteroatoms. The summed E-state index contributed by atoms with van der Waals surface area (Å²) < 4.78 is 14.3. The topological polar surface area (TPSA) is 61.4 Å². The summed E-state index contributed by atoms with van der Waals surface area (Å²) in [4.78, 5) is 26.6. The number of benzene rings is 2. The van der Waals surface area contributed by atoms with Crippen LogP contribution < -0.4 is 10.6 Å². The molecule has 0 heterocycles. The summed E-state index contributed by atoms with van der Waals surface area (Å²) in [7, 11) is 3.79. The lowest BCUT2D eigenvalue weighted by Crippen LogP contribution is -2.32. The van der Waals surface area contributed by atoms with E-state index in [0.717, 1.165) is 10.5 Å². The van der Waals surface area contributed by atoms with Gasteiger partial charge in [0.15, 0.2) is 0 Å². The molecule has 0 fully saturated rings. The van der Waals surface area contributed by atoms with Gasteiger partial charge < -0.3 is 15.5 Å². The van der Waals surface area contributed by atoms with Crippen molar-refractivity contribution in [3.05, 3.63) is 63.9 Å². The molecule has 0 saturated heterocycles. The van der Waals surface area contributed by atoms with Gasteiger partial charge in [0.2, 0.25) is 0 Å². The van der Waals surface area contributed by atoms with E-state index in [1.165, 1.54) is 12.1 Å². The van der Waals surface area contributed by atoms with Gasteiger partial charge in [0.05, 0.1) is 11.3 Å². The van der Waals surface area contributed by atoms with Gasteiger partial charge in [-0.3, -0.25) is 9.59 Å². The van der Waals surface area contributed by atoms with Gasteiger partial charge in [-0.1, -0.05) is 22.0 Å². The van der Waals surface area contributed by atoms with Crippen molar-refractivity contribution in [1.82, 2.24) is 10.2 Å². The summed E-state index contributed by atoms with van der Waals surface area (Å²) in [6.07, 6.45) is 0. The standard InChI is InChI=1S/C18H19BrFN3O2/c1-23(2)9-8-21-18(25)15-7-6-14(20)11-16(15)22-17(24)12-4-3-5-13(19)10-12/h3-7,10-11H,8-9H2,1-2H3,(H,21,25)(H,22,24). The van der Waals surface area contributed by atoms with Gasteiger partial charge in [-0.15, -0.1) is 0 Å². The highest BCUT2D eigenvalue weighted by Gasteiger charge is 2.15. The van der Waals surface area contributed by atoms with Crippen molar-refractivity contribution in [2.75, 3.05) is 32.5 Å². The van der Waals surface area contributed by atoms with Crippen molar-refractivity contribution in [1.29, 1.82) is 0 Å². The Balaban J connectivity index is 2.18. The van der Waals surface area contributed by atoms with E-state index < -0.39 is 11.7 Å². The average Bonchev–Trinajstić information content (AvgIpc) is 2.54. The molecule has 0 aliphatic carbocycles. The van der Waals surface area contributed by atoms with Crippen LogP contribution in [-0.4, -0.2) is 43.9 Å². The number of anilines is 1.